The van der Waals surface area contributed by atoms with E-state index in [1.54, 1.807) is 0 Å². The molecule has 0 radical (unpaired) electrons. The normalized spacial score (nSPS) is 29.9. The van der Waals surface area contributed by atoms with Crippen LogP contribution in [-0.4, -0.2) is 30.3 Å². The van der Waals surface area contributed by atoms with Crippen LogP contribution in [0.15, 0.2) is 0 Å². The highest BCUT2D eigenvalue weighted by Gasteiger charge is 2.24. The molecule has 2 aliphatic rings. The molecule has 1 aliphatic carbocycles. The monoisotopic (exact) mass is 209 g/mol. The lowest BCUT2D eigenvalue weighted by Crippen LogP contribution is -2.40. The highest BCUT2D eigenvalue weighted by atomic mass is 16.1. The molecule has 0 spiro atoms. The first-order valence-electron chi connectivity index (χ1n) is 6.51. The van der Waals surface area contributed by atoms with Gasteiger partial charge in [-0.2, -0.15) is 0 Å². The zero-order valence-corrected chi connectivity index (χ0v) is 9.87. The van der Waals surface area contributed by atoms with Crippen LogP contribution in [-0.2, 0) is 4.79 Å². The molecule has 2 rings (SSSR count). The van der Waals surface area contributed by atoms with Crippen LogP contribution in [0.25, 0.3) is 0 Å². The van der Waals surface area contributed by atoms with Crippen LogP contribution >= 0.6 is 0 Å². The van der Waals surface area contributed by atoms with Gasteiger partial charge in [-0.25, -0.2) is 0 Å². The van der Waals surface area contributed by atoms with E-state index in [4.69, 9.17) is 0 Å². The fourth-order valence-electron chi connectivity index (χ4n) is 2.96. The fourth-order valence-corrected chi connectivity index (χ4v) is 2.96. The van der Waals surface area contributed by atoms with E-state index in [0.717, 1.165) is 25.4 Å². The van der Waals surface area contributed by atoms with Gasteiger partial charge >= 0.3 is 0 Å². The van der Waals surface area contributed by atoms with Crippen molar-refractivity contribution in [1.82, 2.24) is 4.90 Å². The number of carbonyl (C=O) groups excluding carboxylic acids is 1. The Kier molecular flexibility index (Phi) is 3.79. The van der Waals surface area contributed by atoms with Crippen molar-refractivity contribution in [3.8, 4) is 0 Å². The molecule has 1 unspecified atom stereocenters. The second-order valence-electron chi connectivity index (χ2n) is 5.36. The van der Waals surface area contributed by atoms with Gasteiger partial charge in [-0.05, 0) is 18.9 Å². The number of likely N-dealkylation sites (tertiary alicyclic amines) is 1. The van der Waals surface area contributed by atoms with Crippen molar-refractivity contribution >= 4 is 5.78 Å². The molecular weight excluding hydrogens is 186 g/mol. The summed E-state index contributed by atoms with van der Waals surface area (Å²) in [6, 6.07) is 0. The molecule has 2 nitrogen and oxygen atoms in total. The number of ketones is 1. The summed E-state index contributed by atoms with van der Waals surface area (Å²) in [6.45, 7) is 5.31. The Bertz CT molecular complexity index is 221. The fraction of sp³-hybridized carbons (Fsp3) is 0.923. The highest BCUT2D eigenvalue weighted by molar-refractivity contribution is 5.81. The van der Waals surface area contributed by atoms with Gasteiger partial charge in [0.25, 0.3) is 0 Å². The van der Waals surface area contributed by atoms with E-state index in [0.29, 0.717) is 5.78 Å². The van der Waals surface area contributed by atoms with Crippen molar-refractivity contribution in [3.63, 3.8) is 0 Å². The van der Waals surface area contributed by atoms with Gasteiger partial charge in [0.1, 0.15) is 5.78 Å². The van der Waals surface area contributed by atoms with Gasteiger partial charge in [0.05, 0.1) is 0 Å². The average molecular weight is 209 g/mol. The number of hydrogen-bond acceptors (Lipinski definition) is 2. The maximum Gasteiger partial charge on any atom is 0.138 e. The second kappa shape index (κ2) is 5.11. The van der Waals surface area contributed by atoms with E-state index in [9.17, 15) is 4.79 Å². The van der Waals surface area contributed by atoms with Crippen molar-refractivity contribution in [2.24, 2.45) is 11.8 Å². The molecule has 0 amide bonds. The maximum atomic E-state index is 11.4. The molecule has 1 saturated carbocycles. The van der Waals surface area contributed by atoms with Crippen molar-refractivity contribution in [1.29, 1.82) is 0 Å². The molecule has 0 aromatic heterocycles. The molecular formula is C13H23NO. The third-order valence-electron chi connectivity index (χ3n) is 4.08. The van der Waals surface area contributed by atoms with E-state index in [2.05, 4.69) is 11.8 Å². The lowest BCUT2D eigenvalue weighted by atomic mass is 9.97. The summed E-state index contributed by atoms with van der Waals surface area (Å²) >= 11 is 0. The zero-order chi connectivity index (χ0) is 10.7. The maximum absolute atomic E-state index is 11.4. The van der Waals surface area contributed by atoms with Crippen LogP contribution in [0, 0.1) is 11.8 Å². The van der Waals surface area contributed by atoms with E-state index in [1.165, 1.54) is 38.6 Å². The minimum atomic E-state index is 0.280. The summed E-state index contributed by atoms with van der Waals surface area (Å²) in [6.07, 6.45) is 7.93. The molecule has 0 aromatic carbocycles. The van der Waals surface area contributed by atoms with Gasteiger partial charge in [0.15, 0.2) is 0 Å². The summed E-state index contributed by atoms with van der Waals surface area (Å²) < 4.78 is 0. The predicted octanol–water partition coefficient (Wildman–Crippen LogP) is 2.48. The van der Waals surface area contributed by atoms with Gasteiger partial charge in [-0.3, -0.25) is 4.79 Å². The number of carbonyl (C=O) groups is 1. The molecule has 1 saturated heterocycles. The van der Waals surface area contributed by atoms with E-state index >= 15 is 0 Å². The molecule has 2 fully saturated rings. The van der Waals surface area contributed by atoms with Gasteiger partial charge in [0.2, 0.25) is 0 Å². The SMILES string of the molecule is CC1CN(CCC2CCCC2)CCC1=O. The molecule has 0 aromatic rings. The smallest absolute Gasteiger partial charge is 0.138 e. The Balaban J connectivity index is 1.68. The molecule has 2 heteroatoms. The number of piperidine rings is 1. The Morgan fingerprint density at radius 3 is 2.73 bits per heavy atom. The summed E-state index contributed by atoms with van der Waals surface area (Å²) in [5, 5.41) is 0. The molecule has 0 N–H and O–H groups in total. The highest BCUT2D eigenvalue weighted by Crippen LogP contribution is 2.28. The zero-order valence-electron chi connectivity index (χ0n) is 9.87. The van der Waals surface area contributed by atoms with Crippen molar-refractivity contribution in [2.75, 3.05) is 19.6 Å². The Morgan fingerprint density at radius 1 is 1.33 bits per heavy atom. The predicted molar refractivity (Wildman–Crippen MR) is 61.8 cm³/mol. The first kappa shape index (κ1) is 11.1. The van der Waals surface area contributed by atoms with Crippen LogP contribution < -0.4 is 0 Å². The van der Waals surface area contributed by atoms with Gasteiger partial charge in [-0.15, -0.1) is 0 Å². The Morgan fingerprint density at radius 2 is 2.07 bits per heavy atom. The number of hydrogen-bond donors (Lipinski definition) is 0. The summed E-state index contributed by atoms with van der Waals surface area (Å²) in [4.78, 5) is 13.9. The van der Waals surface area contributed by atoms with Crippen molar-refractivity contribution in [3.05, 3.63) is 0 Å². The molecule has 86 valence electrons. The number of rotatable bonds is 3. The van der Waals surface area contributed by atoms with Gasteiger partial charge in [0, 0.05) is 25.4 Å². The van der Waals surface area contributed by atoms with Crippen LogP contribution in [0.4, 0.5) is 0 Å². The van der Waals surface area contributed by atoms with Gasteiger partial charge < -0.3 is 4.90 Å². The lowest BCUT2D eigenvalue weighted by Gasteiger charge is -2.30. The van der Waals surface area contributed by atoms with Gasteiger partial charge in [-0.1, -0.05) is 32.6 Å². The van der Waals surface area contributed by atoms with Crippen molar-refractivity contribution < 1.29 is 4.79 Å². The molecule has 1 atom stereocenters. The third-order valence-corrected chi connectivity index (χ3v) is 4.08. The quantitative estimate of drug-likeness (QED) is 0.711. The molecule has 15 heavy (non-hydrogen) atoms. The topological polar surface area (TPSA) is 20.3 Å². The Hall–Kier alpha value is -0.370. The number of nitrogens with zero attached hydrogens (tertiary/aromatic N) is 1. The van der Waals surface area contributed by atoms with E-state index in [-0.39, 0.29) is 5.92 Å². The van der Waals surface area contributed by atoms with Crippen LogP contribution in [0.3, 0.4) is 0 Å². The third kappa shape index (κ3) is 3.04. The standard InChI is InChI=1S/C13H23NO/c1-11-10-14(9-7-13(11)15)8-6-12-4-2-3-5-12/h11-12H,2-10H2,1H3. The first-order valence-corrected chi connectivity index (χ1v) is 6.51. The minimum absolute atomic E-state index is 0.280. The van der Waals surface area contributed by atoms with Crippen LogP contribution in [0.1, 0.15) is 45.4 Å². The van der Waals surface area contributed by atoms with E-state index in [1.807, 2.05) is 0 Å². The summed E-state index contributed by atoms with van der Waals surface area (Å²) in [5.74, 6) is 1.73. The van der Waals surface area contributed by atoms with Crippen LogP contribution in [0.2, 0.25) is 0 Å². The minimum Gasteiger partial charge on any atom is -0.302 e. The number of Topliss-reactive ketones (excluding diaryl/α,β-unsaturated/α-hetero) is 1. The summed E-state index contributed by atoms with van der Waals surface area (Å²) in [7, 11) is 0. The molecule has 0 bridgehead atoms. The second-order valence-corrected chi connectivity index (χ2v) is 5.36. The largest absolute Gasteiger partial charge is 0.302 e. The molecule has 1 aliphatic heterocycles. The van der Waals surface area contributed by atoms with E-state index < -0.39 is 0 Å². The average Bonchev–Trinajstić information content (AvgIpc) is 2.73. The molecule has 1 heterocycles. The summed E-state index contributed by atoms with van der Waals surface area (Å²) in [5.41, 5.74) is 0. The first-order chi connectivity index (χ1) is 7.25. The Labute approximate surface area is 93.0 Å². The van der Waals surface area contributed by atoms with Crippen LogP contribution in [0.5, 0.6) is 0 Å². The lowest BCUT2D eigenvalue weighted by molar-refractivity contribution is -0.125. The van der Waals surface area contributed by atoms with Crippen molar-refractivity contribution in [2.45, 2.75) is 45.4 Å².